The lowest BCUT2D eigenvalue weighted by atomic mass is 10.2. The summed E-state index contributed by atoms with van der Waals surface area (Å²) < 4.78 is 5.89. The fraction of sp³-hybridized carbons (Fsp3) is 0.316. The normalized spacial score (nSPS) is 17.0. The molecule has 1 N–H and O–H groups in total. The van der Waals surface area contributed by atoms with Crippen LogP contribution in [0.1, 0.15) is 12.2 Å². The zero-order chi connectivity index (χ0) is 17.9. The third kappa shape index (κ3) is 3.67. The van der Waals surface area contributed by atoms with E-state index in [1.807, 2.05) is 36.2 Å². The smallest absolute Gasteiger partial charge is 0.233 e. The largest absolute Gasteiger partial charge is 0.472 e. The monoisotopic (exact) mass is 368 g/mol. The number of H-pyrrole nitrogens is 1. The molecule has 1 amide bonds. The van der Waals surface area contributed by atoms with Crippen molar-refractivity contribution in [2.45, 2.75) is 24.3 Å². The number of likely N-dealkylation sites (tertiary alicyclic amines) is 1. The fourth-order valence-electron chi connectivity index (χ4n) is 3.12. The number of carbonyl (C=O) groups is 1. The lowest BCUT2D eigenvalue weighted by Crippen LogP contribution is -2.32. The van der Waals surface area contributed by atoms with E-state index in [0.29, 0.717) is 24.0 Å². The Balaban J connectivity index is 1.31. The van der Waals surface area contributed by atoms with Gasteiger partial charge in [0.25, 0.3) is 0 Å². The van der Waals surface area contributed by atoms with Gasteiger partial charge in [-0.05, 0) is 13.0 Å². The first-order valence-corrected chi connectivity index (χ1v) is 9.60. The van der Waals surface area contributed by atoms with E-state index < -0.39 is 0 Å². The number of ether oxygens (including phenoxy) is 1. The molecule has 134 valence electrons. The first kappa shape index (κ1) is 16.9. The molecular formula is C19H20N4O2S. The maximum absolute atomic E-state index is 12.5. The molecule has 1 unspecified atom stereocenters. The molecule has 0 radical (unpaired) electrons. The predicted octanol–water partition coefficient (Wildman–Crippen LogP) is 3.04. The molecule has 1 aliphatic heterocycles. The van der Waals surface area contributed by atoms with Gasteiger partial charge in [0.15, 0.2) is 0 Å². The van der Waals surface area contributed by atoms with E-state index in [0.717, 1.165) is 28.8 Å². The van der Waals surface area contributed by atoms with Crippen molar-refractivity contribution >= 4 is 28.6 Å². The molecule has 4 rings (SSSR count). The van der Waals surface area contributed by atoms with Gasteiger partial charge >= 0.3 is 0 Å². The summed E-state index contributed by atoms with van der Waals surface area (Å²) in [5, 5.41) is 1.16. The Kier molecular flexibility index (Phi) is 4.79. The quantitative estimate of drug-likeness (QED) is 0.701. The van der Waals surface area contributed by atoms with Gasteiger partial charge in [-0.2, -0.15) is 4.98 Å². The van der Waals surface area contributed by atoms with Crippen LogP contribution >= 0.6 is 11.8 Å². The van der Waals surface area contributed by atoms with E-state index in [2.05, 4.69) is 21.0 Å². The molecule has 1 fully saturated rings. The third-order valence-corrected chi connectivity index (χ3v) is 5.48. The van der Waals surface area contributed by atoms with Crippen molar-refractivity contribution in [2.24, 2.45) is 0 Å². The molecule has 0 spiro atoms. The standard InChI is InChI=1S/C19H20N4O2S/c1-13-20-8-6-18(22-13)25-14-7-9-23(11-14)19(24)12-26-17-10-21-16-5-3-2-4-15(16)17/h2-6,8,10,14,21H,7,9,11-12H2,1H3. The SMILES string of the molecule is Cc1nccc(OC2CCN(C(=O)CSc3c[nH]c4ccccc34)C2)n1. The van der Waals surface area contributed by atoms with Crippen LogP contribution in [0.25, 0.3) is 10.9 Å². The van der Waals surface area contributed by atoms with Crippen molar-refractivity contribution in [1.82, 2.24) is 19.9 Å². The summed E-state index contributed by atoms with van der Waals surface area (Å²) in [6.45, 7) is 3.16. The second-order valence-electron chi connectivity index (χ2n) is 6.30. The minimum absolute atomic E-state index is 0.00802. The second-order valence-corrected chi connectivity index (χ2v) is 7.31. The van der Waals surface area contributed by atoms with Gasteiger partial charge in [0, 0.05) is 47.2 Å². The summed E-state index contributed by atoms with van der Waals surface area (Å²) in [5.41, 5.74) is 1.09. The third-order valence-electron chi connectivity index (χ3n) is 4.44. The highest BCUT2D eigenvalue weighted by atomic mass is 32.2. The minimum atomic E-state index is -0.00802. The van der Waals surface area contributed by atoms with Crippen LogP contribution in [0.15, 0.2) is 47.6 Å². The number of aryl methyl sites for hydroxylation is 1. The number of fused-ring (bicyclic) bond motifs is 1. The molecule has 1 aliphatic rings. The molecule has 1 saturated heterocycles. The Morgan fingerprint density at radius 1 is 1.38 bits per heavy atom. The Morgan fingerprint density at radius 3 is 3.15 bits per heavy atom. The highest BCUT2D eigenvalue weighted by Crippen LogP contribution is 2.28. The number of thioether (sulfide) groups is 1. The zero-order valence-corrected chi connectivity index (χ0v) is 15.3. The second kappa shape index (κ2) is 7.37. The summed E-state index contributed by atoms with van der Waals surface area (Å²) in [6.07, 6.45) is 4.47. The van der Waals surface area contributed by atoms with Crippen molar-refractivity contribution in [3.63, 3.8) is 0 Å². The van der Waals surface area contributed by atoms with Crippen molar-refractivity contribution in [3.8, 4) is 5.88 Å². The van der Waals surface area contributed by atoms with Crippen LogP contribution in [0.2, 0.25) is 0 Å². The van der Waals surface area contributed by atoms with E-state index in [-0.39, 0.29) is 12.0 Å². The Labute approximate surface area is 156 Å². The van der Waals surface area contributed by atoms with Gasteiger partial charge in [0.1, 0.15) is 11.9 Å². The molecule has 1 atom stereocenters. The molecule has 26 heavy (non-hydrogen) atoms. The predicted molar refractivity (Wildman–Crippen MR) is 101 cm³/mol. The van der Waals surface area contributed by atoms with Crippen LogP contribution in [0.3, 0.4) is 0 Å². The van der Waals surface area contributed by atoms with E-state index in [4.69, 9.17) is 4.74 Å². The number of hydrogen-bond donors (Lipinski definition) is 1. The Bertz CT molecular complexity index is 927. The van der Waals surface area contributed by atoms with Gasteiger partial charge in [-0.3, -0.25) is 4.79 Å². The number of para-hydroxylation sites is 1. The molecule has 6 nitrogen and oxygen atoms in total. The molecule has 0 bridgehead atoms. The molecule has 0 aliphatic carbocycles. The number of nitrogens with one attached hydrogen (secondary N) is 1. The van der Waals surface area contributed by atoms with Crippen molar-refractivity contribution in [2.75, 3.05) is 18.8 Å². The van der Waals surface area contributed by atoms with Crippen LogP contribution in [0.5, 0.6) is 5.88 Å². The topological polar surface area (TPSA) is 71.1 Å². The van der Waals surface area contributed by atoms with Crippen LogP contribution in [0, 0.1) is 6.92 Å². The number of benzene rings is 1. The number of rotatable bonds is 5. The van der Waals surface area contributed by atoms with Gasteiger partial charge in [0.05, 0.1) is 12.3 Å². The summed E-state index contributed by atoms with van der Waals surface area (Å²) >= 11 is 1.57. The number of carbonyl (C=O) groups excluding carboxylic acids is 1. The number of amides is 1. The molecule has 7 heteroatoms. The number of aromatic nitrogens is 3. The van der Waals surface area contributed by atoms with Gasteiger partial charge in [0.2, 0.25) is 11.8 Å². The van der Waals surface area contributed by atoms with E-state index in [9.17, 15) is 4.79 Å². The zero-order valence-electron chi connectivity index (χ0n) is 14.5. The van der Waals surface area contributed by atoms with Gasteiger partial charge < -0.3 is 14.6 Å². The fourth-order valence-corrected chi connectivity index (χ4v) is 4.05. The van der Waals surface area contributed by atoms with Gasteiger partial charge in [-0.1, -0.05) is 18.2 Å². The van der Waals surface area contributed by atoms with Crippen LogP contribution in [-0.2, 0) is 4.79 Å². The van der Waals surface area contributed by atoms with Gasteiger partial charge in [-0.25, -0.2) is 4.98 Å². The van der Waals surface area contributed by atoms with Crippen LogP contribution in [-0.4, -0.2) is 50.7 Å². The lowest BCUT2D eigenvalue weighted by Gasteiger charge is -2.16. The average Bonchev–Trinajstić information content (AvgIpc) is 3.27. The molecule has 1 aromatic carbocycles. The molecule has 3 heterocycles. The van der Waals surface area contributed by atoms with Crippen LogP contribution in [0.4, 0.5) is 0 Å². The van der Waals surface area contributed by atoms with E-state index >= 15 is 0 Å². The highest BCUT2D eigenvalue weighted by Gasteiger charge is 2.28. The molecule has 2 aromatic heterocycles. The van der Waals surface area contributed by atoms with E-state index in [1.54, 1.807) is 24.0 Å². The highest BCUT2D eigenvalue weighted by molar-refractivity contribution is 8.00. The van der Waals surface area contributed by atoms with Gasteiger partial charge in [-0.15, -0.1) is 11.8 Å². The number of hydrogen-bond acceptors (Lipinski definition) is 5. The summed E-state index contributed by atoms with van der Waals surface area (Å²) in [7, 11) is 0. The van der Waals surface area contributed by atoms with Crippen LogP contribution < -0.4 is 4.74 Å². The van der Waals surface area contributed by atoms with Crippen molar-refractivity contribution in [3.05, 3.63) is 48.5 Å². The average molecular weight is 368 g/mol. The van der Waals surface area contributed by atoms with Crippen molar-refractivity contribution in [1.29, 1.82) is 0 Å². The Morgan fingerprint density at radius 2 is 2.27 bits per heavy atom. The summed E-state index contributed by atoms with van der Waals surface area (Å²) in [4.78, 5) is 27.1. The first-order chi connectivity index (χ1) is 12.7. The molecule has 0 saturated carbocycles. The van der Waals surface area contributed by atoms with Crippen molar-refractivity contribution < 1.29 is 9.53 Å². The molecule has 3 aromatic rings. The minimum Gasteiger partial charge on any atom is -0.472 e. The number of aromatic amines is 1. The maximum atomic E-state index is 12.5. The first-order valence-electron chi connectivity index (χ1n) is 8.62. The van der Waals surface area contributed by atoms with E-state index in [1.165, 1.54) is 0 Å². The summed E-state index contributed by atoms with van der Waals surface area (Å²) in [6, 6.07) is 9.88. The molecular weight excluding hydrogens is 348 g/mol. The maximum Gasteiger partial charge on any atom is 0.233 e. The number of nitrogens with zero attached hydrogens (tertiary/aromatic N) is 3. The summed E-state index contributed by atoms with van der Waals surface area (Å²) in [5.74, 6) is 1.83. The Hall–Kier alpha value is -2.54. The lowest BCUT2D eigenvalue weighted by molar-refractivity contribution is -0.127.